The van der Waals surface area contributed by atoms with Crippen molar-refractivity contribution in [3.63, 3.8) is 0 Å². The number of Topliss-reactive ketones (excluding diaryl/α,β-unsaturated/α-hetero) is 2. The van der Waals surface area contributed by atoms with Crippen LogP contribution in [0.3, 0.4) is 0 Å². The van der Waals surface area contributed by atoms with Crippen LogP contribution in [0.1, 0.15) is 91.4 Å². The number of aromatic hydroxyl groups is 3. The largest absolute Gasteiger partial charge is 0.508 e. The third-order valence-corrected chi connectivity index (χ3v) is 9.11. The molecule has 0 aliphatic carbocycles. The topological polar surface area (TPSA) is 180 Å². The summed E-state index contributed by atoms with van der Waals surface area (Å²) in [5.74, 6) is -1.85. The maximum atomic E-state index is 12.6. The Labute approximate surface area is 331 Å². The van der Waals surface area contributed by atoms with Crippen molar-refractivity contribution < 1.29 is 53.8 Å². The molecule has 0 aliphatic rings. The minimum atomic E-state index is -1.20. The minimum Gasteiger partial charge on any atom is -0.508 e. The summed E-state index contributed by atoms with van der Waals surface area (Å²) in [4.78, 5) is 50.7. The van der Waals surface area contributed by atoms with Gasteiger partial charge in [-0.3, -0.25) is 9.59 Å². The molecule has 0 spiro atoms. The van der Waals surface area contributed by atoms with Gasteiger partial charge in [0.25, 0.3) is 0 Å². The van der Waals surface area contributed by atoms with E-state index in [2.05, 4.69) is 4.90 Å². The number of hydrogen-bond acceptors (Lipinski definition) is 11. The quantitative estimate of drug-likeness (QED) is 0.0532. The van der Waals surface area contributed by atoms with E-state index in [4.69, 9.17) is 14.2 Å². The van der Waals surface area contributed by atoms with Gasteiger partial charge in [0.15, 0.2) is 11.6 Å². The highest BCUT2D eigenvalue weighted by molar-refractivity contribution is 6.02. The number of hydrogen-bond donors (Lipinski definition) is 4. The number of carbonyl (C=O) groups excluding carboxylic acids is 3. The van der Waals surface area contributed by atoms with Gasteiger partial charge in [0, 0.05) is 35.2 Å². The number of nitrogens with zero attached hydrogens (tertiary/aromatic N) is 1. The van der Waals surface area contributed by atoms with Gasteiger partial charge in [-0.2, -0.15) is 0 Å². The van der Waals surface area contributed by atoms with Crippen LogP contribution < -0.4 is 9.47 Å². The summed E-state index contributed by atoms with van der Waals surface area (Å²) < 4.78 is 17.0. The van der Waals surface area contributed by atoms with Gasteiger partial charge >= 0.3 is 11.9 Å². The summed E-state index contributed by atoms with van der Waals surface area (Å²) in [5, 5.41) is 39.7. The zero-order valence-electron chi connectivity index (χ0n) is 32.4. The Morgan fingerprint density at radius 3 is 1.53 bits per heavy atom. The number of esters is 1. The van der Waals surface area contributed by atoms with Gasteiger partial charge in [0.1, 0.15) is 59.7 Å². The highest BCUT2D eigenvalue weighted by Gasteiger charge is 2.23. The van der Waals surface area contributed by atoms with Crippen LogP contribution in [0.15, 0.2) is 103 Å². The van der Waals surface area contributed by atoms with Gasteiger partial charge in [-0.15, -0.1) is 0 Å². The van der Waals surface area contributed by atoms with Crippen LogP contribution in [0.5, 0.6) is 28.7 Å². The zero-order chi connectivity index (χ0) is 41.5. The van der Waals surface area contributed by atoms with Gasteiger partial charge in [-0.05, 0) is 68.9 Å². The number of carbonyl (C=O) groups is 4. The molecule has 5 aromatic rings. The van der Waals surface area contributed by atoms with Crippen LogP contribution in [-0.4, -0.2) is 75.1 Å². The van der Waals surface area contributed by atoms with Crippen LogP contribution in [0.4, 0.5) is 0 Å². The van der Waals surface area contributed by atoms with Crippen molar-refractivity contribution in [1.29, 1.82) is 0 Å². The molecular formula is C45H47NO11. The predicted octanol–water partition coefficient (Wildman–Crippen LogP) is 7.84. The van der Waals surface area contributed by atoms with E-state index in [0.29, 0.717) is 39.9 Å². The highest BCUT2D eigenvalue weighted by Crippen LogP contribution is 2.34. The fraction of sp³-hybridized carbons (Fsp3) is 0.244. The van der Waals surface area contributed by atoms with Crippen LogP contribution in [0, 0.1) is 0 Å². The van der Waals surface area contributed by atoms with E-state index in [-0.39, 0.29) is 77.7 Å². The lowest BCUT2D eigenvalue weighted by Gasteiger charge is -2.18. The predicted molar refractivity (Wildman–Crippen MR) is 214 cm³/mol. The Morgan fingerprint density at radius 1 is 0.561 bits per heavy atom. The van der Waals surface area contributed by atoms with E-state index in [1.807, 2.05) is 13.8 Å². The first-order valence-electron chi connectivity index (χ1n) is 18.4. The molecule has 0 unspecified atom stereocenters. The molecule has 0 aliphatic heterocycles. The molecule has 0 aromatic heterocycles. The molecule has 298 valence electrons. The summed E-state index contributed by atoms with van der Waals surface area (Å²) in [6.45, 7) is 9.49. The lowest BCUT2D eigenvalue weighted by atomic mass is 9.93. The summed E-state index contributed by atoms with van der Waals surface area (Å²) in [6, 6.07) is 27.5. The lowest BCUT2D eigenvalue weighted by Crippen LogP contribution is -2.28. The average Bonchev–Trinajstić information content (AvgIpc) is 3.19. The van der Waals surface area contributed by atoms with Gasteiger partial charge in [0.05, 0.1) is 5.56 Å². The second-order valence-corrected chi connectivity index (χ2v) is 12.9. The maximum Gasteiger partial charge on any atom is 0.341 e. The van der Waals surface area contributed by atoms with E-state index in [1.54, 1.807) is 78.9 Å². The molecule has 0 saturated carbocycles. The highest BCUT2D eigenvalue weighted by atomic mass is 16.5. The molecular weight excluding hydrogens is 730 g/mol. The molecule has 5 aromatic carbocycles. The molecule has 5 rings (SSSR count). The van der Waals surface area contributed by atoms with Crippen LogP contribution in [0.25, 0.3) is 0 Å². The first-order chi connectivity index (χ1) is 27.4. The van der Waals surface area contributed by atoms with Crippen LogP contribution in [0.2, 0.25) is 0 Å². The number of carboxylic acids is 1. The SMILES string of the molecule is CC(=O)c1ccc(C(=O)O)c(OCc2ccccc2O)c1Cc1ccccc1O.CCN(CC)CCOC(=O)c1cccc(C(C)=O)c1OCc1ccccc1O. The molecule has 12 heteroatoms. The molecule has 0 atom stereocenters. The Balaban J connectivity index is 0.000000253. The van der Waals surface area contributed by atoms with Gasteiger partial charge in [-0.25, -0.2) is 9.59 Å². The standard InChI is InChI=1S/C23H20O6.C22H27NO5/c1-14(24)17-10-11-18(23(27)28)22(29-13-16-7-3-5-9-21(16)26)19(17)12-15-6-2-4-8-20(15)25;1-4-23(5-2)13-14-27-22(26)19-11-8-10-18(16(3)24)21(19)28-15-17-9-6-7-12-20(17)25/h2-11,25-26H,12-13H2,1H3,(H,27,28);6-12,25H,4-5,13-15H2,1-3H3. The fourth-order valence-corrected chi connectivity index (χ4v) is 5.90. The molecule has 0 amide bonds. The molecule has 0 heterocycles. The number of para-hydroxylation sites is 4. The van der Waals surface area contributed by atoms with Crippen molar-refractivity contribution in [2.24, 2.45) is 0 Å². The Morgan fingerprint density at radius 2 is 1.04 bits per heavy atom. The normalized spacial score (nSPS) is 10.6. The van der Waals surface area contributed by atoms with Gasteiger partial charge in [0.2, 0.25) is 0 Å². The number of rotatable bonds is 17. The van der Waals surface area contributed by atoms with Crippen molar-refractivity contribution in [3.8, 4) is 28.7 Å². The maximum absolute atomic E-state index is 12.6. The van der Waals surface area contributed by atoms with Crippen molar-refractivity contribution in [2.75, 3.05) is 26.2 Å². The van der Waals surface area contributed by atoms with E-state index < -0.39 is 11.9 Å². The smallest absolute Gasteiger partial charge is 0.341 e. The number of phenolic OH excluding ortho intramolecular Hbond substituents is 3. The molecule has 0 bridgehead atoms. The molecule has 4 N–H and O–H groups in total. The first-order valence-corrected chi connectivity index (χ1v) is 18.4. The fourth-order valence-electron chi connectivity index (χ4n) is 5.90. The number of ketones is 2. The van der Waals surface area contributed by atoms with Crippen molar-refractivity contribution in [1.82, 2.24) is 4.90 Å². The van der Waals surface area contributed by atoms with Gasteiger partial charge < -0.3 is 39.5 Å². The number of carboxylic acid groups (broad SMARTS) is 1. The van der Waals surface area contributed by atoms with Crippen LogP contribution in [-0.2, 0) is 24.4 Å². The molecule has 0 fully saturated rings. The minimum absolute atomic E-state index is 0.0225. The summed E-state index contributed by atoms with van der Waals surface area (Å²) >= 11 is 0. The summed E-state index contributed by atoms with van der Waals surface area (Å²) in [5.41, 5.74) is 2.64. The van der Waals surface area contributed by atoms with E-state index in [9.17, 15) is 39.6 Å². The van der Waals surface area contributed by atoms with E-state index in [1.165, 1.54) is 38.1 Å². The number of aromatic carboxylic acids is 1. The summed E-state index contributed by atoms with van der Waals surface area (Å²) in [7, 11) is 0. The monoisotopic (exact) mass is 777 g/mol. The Kier molecular flexibility index (Phi) is 15.8. The molecule has 12 nitrogen and oxygen atoms in total. The lowest BCUT2D eigenvalue weighted by molar-refractivity contribution is 0.0461. The molecule has 57 heavy (non-hydrogen) atoms. The third-order valence-electron chi connectivity index (χ3n) is 9.11. The Bertz CT molecular complexity index is 2190. The van der Waals surface area contributed by atoms with Crippen molar-refractivity contribution in [3.05, 3.63) is 148 Å². The second-order valence-electron chi connectivity index (χ2n) is 12.9. The van der Waals surface area contributed by atoms with E-state index in [0.717, 1.165) is 13.1 Å². The van der Waals surface area contributed by atoms with Crippen molar-refractivity contribution >= 4 is 23.5 Å². The van der Waals surface area contributed by atoms with Gasteiger partial charge in [-0.1, -0.05) is 80.6 Å². The second kappa shape index (κ2) is 20.9. The van der Waals surface area contributed by atoms with Crippen LogP contribution >= 0.6 is 0 Å². The average molecular weight is 778 g/mol. The third kappa shape index (κ3) is 11.7. The number of likely N-dealkylation sites (N-methyl/N-ethyl adjacent to an activating group) is 1. The molecule has 0 saturated heterocycles. The summed E-state index contributed by atoms with van der Waals surface area (Å²) in [6.07, 6.45) is 0.110. The number of ether oxygens (including phenoxy) is 3. The van der Waals surface area contributed by atoms with Crippen molar-refractivity contribution in [2.45, 2.75) is 47.3 Å². The molecule has 0 radical (unpaired) electrons. The Hall–Kier alpha value is -6.66. The number of benzene rings is 5. The zero-order valence-corrected chi connectivity index (χ0v) is 32.4. The number of phenols is 3. The first kappa shape index (κ1) is 43.1. The van der Waals surface area contributed by atoms with E-state index >= 15 is 0 Å².